The molecule has 0 saturated carbocycles. The second kappa shape index (κ2) is 13.9. The number of benzene rings is 1. The first-order valence-corrected chi connectivity index (χ1v) is 13.3. The van der Waals surface area contributed by atoms with Crippen molar-refractivity contribution in [3.05, 3.63) is 42.0 Å². The van der Waals surface area contributed by atoms with Crippen LogP contribution in [0.25, 0.3) is 6.08 Å². The Labute approximate surface area is 173 Å². The molecule has 0 aliphatic rings. The number of hydrogen-bond acceptors (Lipinski definition) is 6. The number of hydrogen-bond donors (Lipinski definition) is 0. The fourth-order valence-electron chi connectivity index (χ4n) is 2.38. The molecule has 0 bridgehead atoms. The Hall–Kier alpha value is -0.153. The lowest BCUT2D eigenvalue weighted by Crippen LogP contribution is -2.46. The Morgan fingerprint density at radius 2 is 1.62 bits per heavy atom. The Morgan fingerprint density at radius 1 is 1.04 bits per heavy atom. The maximum Gasteiger partial charge on any atom is 0.500 e. The van der Waals surface area contributed by atoms with E-state index in [1.807, 2.05) is 26.8 Å². The molecule has 0 aliphatic heterocycles. The van der Waals surface area contributed by atoms with Gasteiger partial charge in [0, 0.05) is 31.6 Å². The highest BCUT2D eigenvalue weighted by molar-refractivity contribution is 8.46. The summed E-state index contributed by atoms with van der Waals surface area (Å²) < 4.78 is 18.6. The molecule has 146 valence electrons. The van der Waals surface area contributed by atoms with Gasteiger partial charge in [-0.15, -0.1) is 23.5 Å². The molecule has 0 heterocycles. The molecule has 26 heavy (non-hydrogen) atoms. The molecule has 0 unspecified atom stereocenters. The smallest absolute Gasteiger partial charge is 0.374 e. The zero-order valence-corrected chi connectivity index (χ0v) is 19.4. The Kier molecular flexibility index (Phi) is 12.8. The van der Waals surface area contributed by atoms with E-state index in [2.05, 4.69) is 30.8 Å². The zero-order valence-electron chi connectivity index (χ0n) is 16.0. The first-order valence-electron chi connectivity index (χ1n) is 9.01. The van der Waals surface area contributed by atoms with Gasteiger partial charge in [-0.2, -0.15) is 0 Å². The minimum Gasteiger partial charge on any atom is -0.374 e. The van der Waals surface area contributed by atoms with Gasteiger partial charge >= 0.3 is 8.80 Å². The van der Waals surface area contributed by atoms with Crippen LogP contribution in [0.3, 0.4) is 0 Å². The summed E-state index contributed by atoms with van der Waals surface area (Å²) in [4.78, 5) is 0. The first kappa shape index (κ1) is 23.9. The minimum absolute atomic E-state index is 0.623. The average Bonchev–Trinajstić information content (AvgIpc) is 2.65. The van der Waals surface area contributed by atoms with Gasteiger partial charge in [-0.1, -0.05) is 49.1 Å². The van der Waals surface area contributed by atoms with Crippen LogP contribution >= 0.6 is 35.7 Å². The van der Waals surface area contributed by atoms with E-state index in [9.17, 15) is 0 Å². The van der Waals surface area contributed by atoms with Crippen LogP contribution in [0.4, 0.5) is 0 Å². The van der Waals surface area contributed by atoms with Gasteiger partial charge in [-0.3, -0.25) is 0 Å². The summed E-state index contributed by atoms with van der Waals surface area (Å²) >= 11 is 8.94. The molecule has 0 fully saturated rings. The second-order valence-corrected chi connectivity index (χ2v) is 11.4. The largest absolute Gasteiger partial charge is 0.500 e. The lowest BCUT2D eigenvalue weighted by molar-refractivity contribution is 0.0712. The van der Waals surface area contributed by atoms with Crippen LogP contribution in [-0.2, 0) is 19.0 Å². The summed E-state index contributed by atoms with van der Waals surface area (Å²) in [7, 11) is -2.52. The van der Waals surface area contributed by atoms with Crippen molar-refractivity contribution in [1.82, 2.24) is 0 Å². The molecule has 7 heteroatoms. The molecule has 1 aromatic carbocycles. The molecule has 0 atom stereocenters. The fourth-order valence-corrected chi connectivity index (χ4v) is 7.37. The third kappa shape index (κ3) is 9.17. The van der Waals surface area contributed by atoms with Crippen molar-refractivity contribution < 1.29 is 13.3 Å². The van der Waals surface area contributed by atoms with Gasteiger partial charge in [0.1, 0.15) is 3.53 Å². The molecule has 0 aromatic heterocycles. The van der Waals surface area contributed by atoms with Crippen molar-refractivity contribution in [3.8, 4) is 0 Å². The third-order valence-corrected chi connectivity index (χ3v) is 9.52. The lowest BCUT2D eigenvalue weighted by Gasteiger charge is -2.28. The highest BCUT2D eigenvalue weighted by atomic mass is 32.2. The van der Waals surface area contributed by atoms with Crippen LogP contribution < -0.4 is 0 Å². The van der Waals surface area contributed by atoms with Gasteiger partial charge in [0.25, 0.3) is 0 Å². The number of rotatable bonds is 13. The number of thiocarbonyl (C=S) groups is 1. The standard InChI is InChI=1S/C19H30O3S3Si/c1-5-17-10-12-18(13-11-17)16-25-19(23)24-14-9-15-26(20-6-2,21-7-3)22-8-4/h5,10-13H,1,6-9,14-16H2,2-4H3. The Balaban J connectivity index is 2.33. The van der Waals surface area contributed by atoms with E-state index in [-0.39, 0.29) is 0 Å². The predicted molar refractivity (Wildman–Crippen MR) is 123 cm³/mol. The van der Waals surface area contributed by atoms with Crippen LogP contribution in [0.1, 0.15) is 38.3 Å². The van der Waals surface area contributed by atoms with Gasteiger partial charge < -0.3 is 13.3 Å². The van der Waals surface area contributed by atoms with Gasteiger partial charge in [-0.05, 0) is 44.1 Å². The molecule has 0 aliphatic carbocycles. The Bertz CT molecular complexity index is 520. The molecule has 1 aromatic rings. The molecule has 0 saturated heterocycles. The topological polar surface area (TPSA) is 27.7 Å². The van der Waals surface area contributed by atoms with Crippen LogP contribution in [0, 0.1) is 0 Å². The number of thioether (sulfide) groups is 2. The van der Waals surface area contributed by atoms with E-state index < -0.39 is 8.80 Å². The van der Waals surface area contributed by atoms with Crippen molar-refractivity contribution in [2.75, 3.05) is 25.6 Å². The van der Waals surface area contributed by atoms with Crippen LogP contribution in [-0.4, -0.2) is 37.9 Å². The van der Waals surface area contributed by atoms with Crippen molar-refractivity contribution in [2.45, 2.75) is 39.0 Å². The van der Waals surface area contributed by atoms with Crippen molar-refractivity contribution in [3.63, 3.8) is 0 Å². The van der Waals surface area contributed by atoms with E-state index in [0.717, 1.165) is 33.1 Å². The summed E-state index contributed by atoms with van der Waals surface area (Å²) in [5.74, 6) is 1.86. The van der Waals surface area contributed by atoms with Crippen molar-refractivity contribution in [2.24, 2.45) is 0 Å². The van der Waals surface area contributed by atoms with Gasteiger partial charge in [-0.25, -0.2) is 0 Å². The van der Waals surface area contributed by atoms with Crippen LogP contribution in [0.15, 0.2) is 30.8 Å². The van der Waals surface area contributed by atoms with E-state index >= 15 is 0 Å². The molecule has 3 nitrogen and oxygen atoms in total. The average molecular weight is 431 g/mol. The predicted octanol–water partition coefficient (Wildman–Crippen LogP) is 6.02. The molecule has 0 spiro atoms. The minimum atomic E-state index is -2.52. The normalized spacial score (nSPS) is 11.5. The maximum absolute atomic E-state index is 5.88. The fraction of sp³-hybridized carbons (Fsp3) is 0.526. The van der Waals surface area contributed by atoms with E-state index in [4.69, 9.17) is 25.5 Å². The van der Waals surface area contributed by atoms with Gasteiger partial charge in [0.05, 0.1) is 0 Å². The summed E-state index contributed by atoms with van der Waals surface area (Å²) in [5, 5.41) is 0. The van der Waals surface area contributed by atoms with E-state index in [1.54, 1.807) is 23.5 Å². The molecular formula is C19H30O3S3Si. The summed E-state index contributed by atoms with van der Waals surface area (Å²) in [6, 6.07) is 9.26. The Morgan fingerprint density at radius 3 is 2.12 bits per heavy atom. The van der Waals surface area contributed by atoms with Crippen molar-refractivity contribution >= 4 is 54.2 Å². The summed E-state index contributed by atoms with van der Waals surface area (Å²) in [6.07, 6.45) is 2.83. The molecule has 0 N–H and O–H groups in total. The van der Waals surface area contributed by atoms with Crippen LogP contribution in [0.2, 0.25) is 6.04 Å². The second-order valence-electron chi connectivity index (χ2n) is 5.42. The maximum atomic E-state index is 5.88. The van der Waals surface area contributed by atoms with Gasteiger partial charge in [0.2, 0.25) is 0 Å². The van der Waals surface area contributed by atoms with E-state index in [1.165, 1.54) is 5.56 Å². The van der Waals surface area contributed by atoms with Crippen molar-refractivity contribution in [1.29, 1.82) is 0 Å². The molecule has 0 amide bonds. The highest BCUT2D eigenvalue weighted by Crippen LogP contribution is 2.25. The molecule has 0 radical (unpaired) electrons. The van der Waals surface area contributed by atoms with Gasteiger partial charge in [0.15, 0.2) is 0 Å². The first-order chi connectivity index (χ1) is 12.6. The summed E-state index contributed by atoms with van der Waals surface area (Å²) in [5.41, 5.74) is 2.42. The third-order valence-electron chi connectivity index (χ3n) is 3.51. The van der Waals surface area contributed by atoms with E-state index in [0.29, 0.717) is 19.8 Å². The SMILES string of the molecule is C=Cc1ccc(CSC(=S)SCCC[Si](OCC)(OCC)OCC)cc1. The summed E-state index contributed by atoms with van der Waals surface area (Å²) in [6.45, 7) is 11.6. The molecule has 1 rings (SSSR count). The quantitative estimate of drug-likeness (QED) is 0.216. The highest BCUT2D eigenvalue weighted by Gasteiger charge is 2.39. The molecular weight excluding hydrogens is 400 g/mol. The van der Waals surface area contributed by atoms with Crippen LogP contribution in [0.5, 0.6) is 0 Å². The lowest BCUT2D eigenvalue weighted by atomic mass is 10.1. The monoisotopic (exact) mass is 430 g/mol. The zero-order chi connectivity index (χ0) is 19.3.